The number of rotatable bonds is 3. The second-order valence-corrected chi connectivity index (χ2v) is 3.32. The van der Waals surface area contributed by atoms with E-state index in [0.717, 1.165) is 6.42 Å². The number of hydrogen-bond donors (Lipinski definition) is 1. The molecule has 0 unspecified atom stereocenters. The first-order chi connectivity index (χ1) is 6.24. The fourth-order valence-electron chi connectivity index (χ4n) is 1.26. The molecule has 1 N–H and O–H groups in total. The van der Waals surface area contributed by atoms with Crippen LogP contribution in [0.25, 0.3) is 0 Å². The van der Waals surface area contributed by atoms with Gasteiger partial charge in [-0.15, -0.1) is 0 Å². The van der Waals surface area contributed by atoms with Crippen molar-refractivity contribution >= 4 is 5.69 Å². The third kappa shape index (κ3) is 2.94. The van der Waals surface area contributed by atoms with Crippen molar-refractivity contribution in [2.75, 3.05) is 5.32 Å². The lowest BCUT2D eigenvalue weighted by molar-refractivity contribution is 1.06. The number of nitrogens with one attached hydrogen (secondary N) is 1. The van der Waals surface area contributed by atoms with E-state index < -0.39 is 0 Å². The fraction of sp³-hybridized carbons (Fsp3) is 0.333. The lowest BCUT2D eigenvalue weighted by Gasteiger charge is -2.10. The highest BCUT2D eigenvalue weighted by Gasteiger charge is 1.96. The Morgan fingerprint density at radius 3 is 2.23 bits per heavy atom. The molecule has 1 heteroatoms. The number of benzene rings is 1. The van der Waals surface area contributed by atoms with E-state index in [2.05, 4.69) is 38.2 Å². The van der Waals surface area contributed by atoms with Gasteiger partial charge in [0.25, 0.3) is 0 Å². The van der Waals surface area contributed by atoms with Gasteiger partial charge in [0.05, 0.1) is 0 Å². The van der Waals surface area contributed by atoms with Crippen molar-refractivity contribution in [2.45, 2.75) is 27.2 Å². The van der Waals surface area contributed by atoms with Crippen molar-refractivity contribution < 1.29 is 0 Å². The minimum absolute atomic E-state index is 1.05. The maximum atomic E-state index is 3.41. The predicted octanol–water partition coefficient (Wildman–Crippen LogP) is 3.80. The number of para-hydroxylation sites is 1. The van der Waals surface area contributed by atoms with Crippen LogP contribution in [0.3, 0.4) is 0 Å². The second kappa shape index (κ2) is 4.70. The molecular formula is C12H17N. The van der Waals surface area contributed by atoms with Crippen molar-refractivity contribution in [1.29, 1.82) is 0 Å². The van der Waals surface area contributed by atoms with Gasteiger partial charge in [-0.25, -0.2) is 0 Å². The second-order valence-electron chi connectivity index (χ2n) is 3.32. The molecule has 0 aromatic heterocycles. The smallest absolute Gasteiger partial charge is 0.0381 e. The van der Waals surface area contributed by atoms with Crippen LogP contribution in [0.15, 0.2) is 41.6 Å². The van der Waals surface area contributed by atoms with Gasteiger partial charge in [-0.1, -0.05) is 30.7 Å². The standard InChI is InChI=1S/C12H17N/c1-4-12(10(2)3)13-11-8-6-5-7-9-11/h5-9,13H,4H2,1-3H3. The maximum Gasteiger partial charge on any atom is 0.0381 e. The molecule has 0 aliphatic carbocycles. The summed E-state index contributed by atoms with van der Waals surface area (Å²) in [4.78, 5) is 0. The fourth-order valence-corrected chi connectivity index (χ4v) is 1.26. The summed E-state index contributed by atoms with van der Waals surface area (Å²) in [6.45, 7) is 6.43. The summed E-state index contributed by atoms with van der Waals surface area (Å²) in [5, 5.41) is 3.41. The van der Waals surface area contributed by atoms with Crippen molar-refractivity contribution in [3.63, 3.8) is 0 Å². The average Bonchev–Trinajstić information content (AvgIpc) is 2.15. The highest BCUT2D eigenvalue weighted by Crippen LogP contribution is 2.13. The van der Waals surface area contributed by atoms with Crippen LogP contribution in [0.5, 0.6) is 0 Å². The van der Waals surface area contributed by atoms with Gasteiger partial charge in [0, 0.05) is 11.4 Å². The summed E-state index contributed by atoms with van der Waals surface area (Å²) in [7, 11) is 0. The van der Waals surface area contributed by atoms with E-state index >= 15 is 0 Å². The molecule has 0 saturated carbocycles. The van der Waals surface area contributed by atoms with E-state index in [1.165, 1.54) is 17.0 Å². The molecular weight excluding hydrogens is 158 g/mol. The molecule has 0 aliphatic heterocycles. The van der Waals surface area contributed by atoms with Gasteiger partial charge in [0.15, 0.2) is 0 Å². The van der Waals surface area contributed by atoms with E-state index in [0.29, 0.717) is 0 Å². The van der Waals surface area contributed by atoms with Crippen molar-refractivity contribution in [3.05, 3.63) is 41.6 Å². The molecule has 0 saturated heterocycles. The predicted molar refractivity (Wildman–Crippen MR) is 58.7 cm³/mol. The third-order valence-corrected chi connectivity index (χ3v) is 2.03. The number of allylic oxidation sites excluding steroid dienone is 2. The molecule has 0 heterocycles. The first-order valence-electron chi connectivity index (χ1n) is 4.72. The molecule has 0 fully saturated rings. The summed E-state index contributed by atoms with van der Waals surface area (Å²) in [6, 6.07) is 10.3. The van der Waals surface area contributed by atoms with Crippen molar-refractivity contribution in [3.8, 4) is 0 Å². The molecule has 1 aromatic carbocycles. The minimum Gasteiger partial charge on any atom is -0.359 e. The summed E-state index contributed by atoms with van der Waals surface area (Å²) >= 11 is 0. The Hall–Kier alpha value is -1.24. The lowest BCUT2D eigenvalue weighted by Crippen LogP contribution is -1.99. The molecule has 1 aromatic rings. The first-order valence-corrected chi connectivity index (χ1v) is 4.72. The Morgan fingerprint density at radius 2 is 1.77 bits per heavy atom. The molecule has 0 atom stereocenters. The summed E-state index contributed by atoms with van der Waals surface area (Å²) in [6.07, 6.45) is 1.05. The Balaban J connectivity index is 2.74. The Bertz CT molecular complexity index is 281. The van der Waals surface area contributed by atoms with Gasteiger partial charge in [0.1, 0.15) is 0 Å². The number of anilines is 1. The molecule has 0 radical (unpaired) electrons. The average molecular weight is 175 g/mol. The van der Waals surface area contributed by atoms with E-state index in [-0.39, 0.29) is 0 Å². The van der Waals surface area contributed by atoms with Crippen LogP contribution in [0, 0.1) is 0 Å². The quantitative estimate of drug-likeness (QED) is 0.736. The van der Waals surface area contributed by atoms with Crippen LogP contribution in [-0.4, -0.2) is 0 Å². The van der Waals surface area contributed by atoms with Gasteiger partial charge in [-0.05, 0) is 32.4 Å². The Morgan fingerprint density at radius 1 is 1.15 bits per heavy atom. The van der Waals surface area contributed by atoms with Crippen LogP contribution in [0.1, 0.15) is 27.2 Å². The third-order valence-electron chi connectivity index (χ3n) is 2.03. The van der Waals surface area contributed by atoms with E-state index in [1.54, 1.807) is 0 Å². The van der Waals surface area contributed by atoms with Crippen LogP contribution in [0.2, 0.25) is 0 Å². The molecule has 1 rings (SSSR count). The van der Waals surface area contributed by atoms with E-state index in [4.69, 9.17) is 0 Å². The summed E-state index contributed by atoms with van der Waals surface area (Å²) in [5.74, 6) is 0. The van der Waals surface area contributed by atoms with Crippen molar-refractivity contribution in [1.82, 2.24) is 0 Å². The van der Waals surface area contributed by atoms with Crippen LogP contribution in [0.4, 0.5) is 5.69 Å². The Labute approximate surface area is 80.5 Å². The topological polar surface area (TPSA) is 12.0 Å². The maximum absolute atomic E-state index is 3.41. The zero-order chi connectivity index (χ0) is 9.68. The molecule has 70 valence electrons. The Kier molecular flexibility index (Phi) is 3.56. The number of hydrogen-bond acceptors (Lipinski definition) is 1. The van der Waals surface area contributed by atoms with Gasteiger partial charge < -0.3 is 5.32 Å². The molecule has 0 spiro atoms. The monoisotopic (exact) mass is 175 g/mol. The first kappa shape index (κ1) is 9.85. The zero-order valence-electron chi connectivity index (χ0n) is 8.59. The largest absolute Gasteiger partial charge is 0.359 e. The van der Waals surface area contributed by atoms with Crippen LogP contribution in [-0.2, 0) is 0 Å². The van der Waals surface area contributed by atoms with Crippen molar-refractivity contribution in [2.24, 2.45) is 0 Å². The zero-order valence-corrected chi connectivity index (χ0v) is 8.59. The van der Waals surface area contributed by atoms with Gasteiger partial charge >= 0.3 is 0 Å². The van der Waals surface area contributed by atoms with E-state index in [9.17, 15) is 0 Å². The molecule has 0 aliphatic rings. The SMILES string of the molecule is CCC(Nc1ccccc1)=C(C)C. The van der Waals surface area contributed by atoms with Gasteiger partial charge in [0.2, 0.25) is 0 Å². The van der Waals surface area contributed by atoms with Gasteiger partial charge in [-0.2, -0.15) is 0 Å². The minimum atomic E-state index is 1.05. The highest BCUT2D eigenvalue weighted by atomic mass is 14.9. The normalized spacial score (nSPS) is 9.46. The molecule has 13 heavy (non-hydrogen) atoms. The van der Waals surface area contributed by atoms with Gasteiger partial charge in [-0.3, -0.25) is 0 Å². The summed E-state index contributed by atoms with van der Waals surface area (Å²) in [5.41, 5.74) is 3.83. The van der Waals surface area contributed by atoms with Crippen LogP contribution >= 0.6 is 0 Å². The molecule has 0 amide bonds. The van der Waals surface area contributed by atoms with E-state index in [1.807, 2.05) is 18.2 Å². The lowest BCUT2D eigenvalue weighted by atomic mass is 10.2. The summed E-state index contributed by atoms with van der Waals surface area (Å²) < 4.78 is 0. The van der Waals surface area contributed by atoms with Crippen LogP contribution < -0.4 is 5.32 Å². The molecule has 1 nitrogen and oxygen atoms in total. The molecule has 0 bridgehead atoms. The highest BCUT2D eigenvalue weighted by molar-refractivity contribution is 5.48.